The molecule has 0 spiro atoms. The van der Waals surface area contributed by atoms with Crippen molar-refractivity contribution in [1.29, 1.82) is 0 Å². The topological polar surface area (TPSA) is 61.5 Å². The highest BCUT2D eigenvalue weighted by Gasteiger charge is 2.44. The first-order valence-electron chi connectivity index (χ1n) is 7.39. The van der Waals surface area contributed by atoms with E-state index >= 15 is 0 Å². The van der Waals surface area contributed by atoms with Crippen LogP contribution in [0.4, 0.5) is 0 Å². The van der Waals surface area contributed by atoms with Crippen molar-refractivity contribution in [2.45, 2.75) is 57.1 Å². The first-order valence-corrected chi connectivity index (χ1v) is 7.39. The number of rotatable bonds is 3. The highest BCUT2D eigenvalue weighted by atomic mass is 16.5. The van der Waals surface area contributed by atoms with Crippen LogP contribution in [0.15, 0.2) is 24.3 Å². The lowest BCUT2D eigenvalue weighted by Crippen LogP contribution is -2.47. The number of hydrogen-bond acceptors (Lipinski definition) is 4. The number of ether oxygens (including phenoxy) is 2. The molecule has 2 N–H and O–H groups in total. The molecule has 1 aliphatic rings. The van der Waals surface area contributed by atoms with Crippen molar-refractivity contribution in [1.82, 2.24) is 0 Å². The molecular formula is C17H25NO3. The van der Waals surface area contributed by atoms with Crippen molar-refractivity contribution in [3.8, 4) is 5.75 Å². The van der Waals surface area contributed by atoms with Crippen molar-refractivity contribution in [2.24, 2.45) is 5.73 Å². The van der Waals surface area contributed by atoms with Gasteiger partial charge in [-0.05, 0) is 36.0 Å². The second kappa shape index (κ2) is 5.68. The standard InChI is InChI=1S/C17H25NO3/c1-16(2,3)12-6-5-7-13(10-12)21-14-8-9-17(18,11-14)15(19)20-4/h5-7,10,14H,8-9,11,18H2,1-4H3. The van der Waals surface area contributed by atoms with E-state index in [-0.39, 0.29) is 17.5 Å². The van der Waals surface area contributed by atoms with E-state index in [1.807, 2.05) is 12.1 Å². The molecule has 4 heteroatoms. The van der Waals surface area contributed by atoms with Gasteiger partial charge in [-0.15, -0.1) is 0 Å². The van der Waals surface area contributed by atoms with Crippen molar-refractivity contribution in [3.05, 3.63) is 29.8 Å². The zero-order chi connectivity index (χ0) is 15.7. The average molecular weight is 291 g/mol. The lowest BCUT2D eigenvalue weighted by molar-refractivity contribution is -0.147. The molecule has 0 heterocycles. The van der Waals surface area contributed by atoms with Gasteiger partial charge in [0, 0.05) is 6.42 Å². The Balaban J connectivity index is 2.06. The van der Waals surface area contributed by atoms with Gasteiger partial charge in [0.05, 0.1) is 7.11 Å². The monoisotopic (exact) mass is 291 g/mol. The minimum absolute atomic E-state index is 0.0377. The molecule has 1 aliphatic carbocycles. The summed E-state index contributed by atoms with van der Waals surface area (Å²) < 4.78 is 10.8. The first kappa shape index (κ1) is 15.8. The fourth-order valence-electron chi connectivity index (χ4n) is 2.75. The molecule has 2 unspecified atom stereocenters. The number of carbonyl (C=O) groups excluding carboxylic acids is 1. The van der Waals surface area contributed by atoms with Crippen LogP contribution in [-0.4, -0.2) is 24.7 Å². The lowest BCUT2D eigenvalue weighted by Gasteiger charge is -2.22. The number of nitrogens with two attached hydrogens (primary N) is 1. The third kappa shape index (κ3) is 3.56. The second-order valence-electron chi connectivity index (χ2n) is 6.91. The van der Waals surface area contributed by atoms with E-state index in [0.717, 1.165) is 12.2 Å². The van der Waals surface area contributed by atoms with E-state index in [0.29, 0.717) is 12.8 Å². The zero-order valence-corrected chi connectivity index (χ0v) is 13.3. The average Bonchev–Trinajstić information content (AvgIpc) is 2.80. The Labute approximate surface area is 126 Å². The molecule has 0 aromatic heterocycles. The number of benzene rings is 1. The quantitative estimate of drug-likeness (QED) is 0.870. The molecule has 1 aromatic carbocycles. The van der Waals surface area contributed by atoms with Gasteiger partial charge in [0.25, 0.3) is 0 Å². The molecule has 1 saturated carbocycles. The maximum Gasteiger partial charge on any atom is 0.325 e. The molecule has 2 rings (SSSR count). The van der Waals surface area contributed by atoms with Crippen LogP contribution in [-0.2, 0) is 14.9 Å². The Hall–Kier alpha value is -1.55. The van der Waals surface area contributed by atoms with Crippen LogP contribution < -0.4 is 10.5 Å². The largest absolute Gasteiger partial charge is 0.490 e. The van der Waals surface area contributed by atoms with Crippen molar-refractivity contribution in [2.75, 3.05) is 7.11 Å². The summed E-state index contributed by atoms with van der Waals surface area (Å²) in [7, 11) is 1.37. The van der Waals surface area contributed by atoms with E-state index in [4.69, 9.17) is 15.2 Å². The summed E-state index contributed by atoms with van der Waals surface area (Å²) in [6.45, 7) is 6.51. The SMILES string of the molecule is COC(=O)C1(N)CCC(Oc2cccc(C(C)(C)C)c2)C1. The van der Waals surface area contributed by atoms with Gasteiger partial charge < -0.3 is 15.2 Å². The Morgan fingerprint density at radius 3 is 2.71 bits per heavy atom. The van der Waals surface area contributed by atoms with Crippen molar-refractivity contribution >= 4 is 5.97 Å². The van der Waals surface area contributed by atoms with Gasteiger partial charge in [0.1, 0.15) is 17.4 Å². The predicted molar refractivity (Wildman–Crippen MR) is 82.3 cm³/mol. The van der Waals surface area contributed by atoms with Crippen molar-refractivity contribution < 1.29 is 14.3 Å². The summed E-state index contributed by atoms with van der Waals surface area (Å²) >= 11 is 0. The van der Waals surface area contributed by atoms with E-state index in [9.17, 15) is 4.79 Å². The van der Waals surface area contributed by atoms with E-state index in [1.165, 1.54) is 12.7 Å². The molecule has 2 atom stereocenters. The van der Waals surface area contributed by atoms with Gasteiger partial charge in [-0.1, -0.05) is 32.9 Å². The van der Waals surface area contributed by atoms with Crippen LogP contribution in [0.3, 0.4) is 0 Å². The fraction of sp³-hybridized carbons (Fsp3) is 0.588. The Kier molecular flexibility index (Phi) is 4.28. The zero-order valence-electron chi connectivity index (χ0n) is 13.3. The van der Waals surface area contributed by atoms with E-state index in [1.54, 1.807) is 0 Å². The van der Waals surface area contributed by atoms with Crippen LogP contribution in [0.2, 0.25) is 0 Å². The summed E-state index contributed by atoms with van der Waals surface area (Å²) in [5.41, 5.74) is 6.51. The van der Waals surface area contributed by atoms with Crippen LogP contribution in [0.5, 0.6) is 5.75 Å². The number of hydrogen-bond donors (Lipinski definition) is 1. The van der Waals surface area contributed by atoms with Crippen LogP contribution >= 0.6 is 0 Å². The van der Waals surface area contributed by atoms with Crippen LogP contribution in [0.25, 0.3) is 0 Å². The maximum atomic E-state index is 11.7. The third-order valence-corrected chi connectivity index (χ3v) is 4.10. The number of esters is 1. The molecular weight excluding hydrogens is 266 g/mol. The summed E-state index contributed by atoms with van der Waals surface area (Å²) in [6.07, 6.45) is 1.83. The molecule has 0 saturated heterocycles. The second-order valence-corrected chi connectivity index (χ2v) is 6.91. The number of methoxy groups -OCH3 is 1. The Bertz CT molecular complexity index is 521. The summed E-state index contributed by atoms with van der Waals surface area (Å²) in [5.74, 6) is 0.485. The molecule has 1 aromatic rings. The summed E-state index contributed by atoms with van der Waals surface area (Å²) in [5, 5.41) is 0. The van der Waals surface area contributed by atoms with Gasteiger partial charge >= 0.3 is 5.97 Å². The third-order valence-electron chi connectivity index (χ3n) is 4.10. The lowest BCUT2D eigenvalue weighted by atomic mass is 9.87. The van der Waals surface area contributed by atoms with Crippen LogP contribution in [0, 0.1) is 0 Å². The first-order chi connectivity index (χ1) is 9.74. The molecule has 0 aliphatic heterocycles. The molecule has 21 heavy (non-hydrogen) atoms. The minimum Gasteiger partial charge on any atom is -0.490 e. The Morgan fingerprint density at radius 1 is 1.38 bits per heavy atom. The molecule has 4 nitrogen and oxygen atoms in total. The smallest absolute Gasteiger partial charge is 0.325 e. The normalized spacial score (nSPS) is 25.7. The van der Waals surface area contributed by atoms with Gasteiger partial charge in [-0.3, -0.25) is 4.79 Å². The molecule has 1 fully saturated rings. The molecule has 0 radical (unpaired) electrons. The maximum absolute atomic E-state index is 11.7. The summed E-state index contributed by atoms with van der Waals surface area (Å²) in [6, 6.07) is 8.11. The molecule has 0 amide bonds. The van der Waals surface area contributed by atoms with Gasteiger partial charge in [0.2, 0.25) is 0 Å². The van der Waals surface area contributed by atoms with Crippen LogP contribution in [0.1, 0.15) is 45.6 Å². The number of carbonyl (C=O) groups is 1. The summed E-state index contributed by atoms with van der Waals surface area (Å²) in [4.78, 5) is 11.7. The predicted octanol–water partition coefficient (Wildman–Crippen LogP) is 2.79. The van der Waals surface area contributed by atoms with Gasteiger partial charge in [0.15, 0.2) is 0 Å². The van der Waals surface area contributed by atoms with Crippen molar-refractivity contribution in [3.63, 3.8) is 0 Å². The van der Waals surface area contributed by atoms with E-state index in [2.05, 4.69) is 32.9 Å². The Morgan fingerprint density at radius 2 is 2.10 bits per heavy atom. The molecule has 116 valence electrons. The highest BCUT2D eigenvalue weighted by Crippen LogP contribution is 2.33. The highest BCUT2D eigenvalue weighted by molar-refractivity contribution is 5.80. The molecule has 0 bridgehead atoms. The van der Waals surface area contributed by atoms with E-state index < -0.39 is 5.54 Å². The van der Waals surface area contributed by atoms with Gasteiger partial charge in [-0.25, -0.2) is 0 Å². The minimum atomic E-state index is -0.902. The van der Waals surface area contributed by atoms with Gasteiger partial charge in [-0.2, -0.15) is 0 Å². The fourth-order valence-corrected chi connectivity index (χ4v) is 2.75.